The Morgan fingerprint density at radius 3 is 2.36 bits per heavy atom. The quantitative estimate of drug-likeness (QED) is 0.748. The molecule has 28 heavy (non-hydrogen) atoms. The van der Waals surface area contributed by atoms with Crippen LogP contribution in [0.4, 0.5) is 0 Å². The number of cyclic esters (lactones) is 1. The Bertz CT molecular complexity index is 917. The van der Waals surface area contributed by atoms with Crippen LogP contribution in [0.2, 0.25) is 0 Å². The van der Waals surface area contributed by atoms with Crippen molar-refractivity contribution in [3.05, 3.63) is 82.9 Å². The minimum atomic E-state index is -0.780. The van der Waals surface area contributed by atoms with Crippen molar-refractivity contribution < 1.29 is 14.3 Å². The van der Waals surface area contributed by atoms with Crippen LogP contribution in [0.15, 0.2) is 71.8 Å². The Morgan fingerprint density at radius 2 is 1.71 bits per heavy atom. The molecule has 0 aromatic heterocycles. The maximum absolute atomic E-state index is 13.0. The lowest BCUT2D eigenvalue weighted by atomic mass is 9.77. The second kappa shape index (κ2) is 7.27. The lowest BCUT2D eigenvalue weighted by Crippen LogP contribution is -2.41. The van der Waals surface area contributed by atoms with Gasteiger partial charge in [-0.1, -0.05) is 62.4 Å². The van der Waals surface area contributed by atoms with Gasteiger partial charge >= 0.3 is 5.97 Å². The van der Waals surface area contributed by atoms with Gasteiger partial charge in [-0.3, -0.25) is 4.79 Å². The zero-order valence-corrected chi connectivity index (χ0v) is 16.4. The van der Waals surface area contributed by atoms with Gasteiger partial charge in [0.2, 0.25) is 0 Å². The topological polar surface area (TPSA) is 46.6 Å². The molecule has 2 aromatic rings. The van der Waals surface area contributed by atoms with Gasteiger partial charge in [0.15, 0.2) is 5.60 Å². The third kappa shape index (κ3) is 3.13. The summed E-state index contributed by atoms with van der Waals surface area (Å²) in [6.07, 6.45) is 1.24. The number of ether oxygens (including phenoxy) is 1. The Morgan fingerprint density at radius 1 is 1.07 bits per heavy atom. The lowest BCUT2D eigenvalue weighted by molar-refractivity contribution is -0.149. The Labute approximate surface area is 165 Å². The SMILES string of the molecule is CC(C)CC1(c2ccccc2)OC(=O)C2=C1CN(C(=O)c1ccccc1)CC2. The third-order valence-corrected chi connectivity index (χ3v) is 5.59. The summed E-state index contributed by atoms with van der Waals surface area (Å²) in [7, 11) is 0. The first kappa shape index (κ1) is 18.5. The zero-order valence-electron chi connectivity index (χ0n) is 16.4. The summed E-state index contributed by atoms with van der Waals surface area (Å²) < 4.78 is 6.08. The van der Waals surface area contributed by atoms with Crippen LogP contribution in [-0.2, 0) is 15.1 Å². The number of benzene rings is 2. The van der Waals surface area contributed by atoms with Gasteiger partial charge in [-0.05, 0) is 36.5 Å². The van der Waals surface area contributed by atoms with Crippen molar-refractivity contribution in [3.63, 3.8) is 0 Å². The fourth-order valence-electron chi connectivity index (χ4n) is 4.38. The highest BCUT2D eigenvalue weighted by atomic mass is 16.6. The number of nitrogens with zero attached hydrogens (tertiary/aromatic N) is 1. The summed E-state index contributed by atoms with van der Waals surface area (Å²) in [6, 6.07) is 19.3. The average Bonchev–Trinajstić information content (AvgIpc) is 3.00. The smallest absolute Gasteiger partial charge is 0.335 e. The molecule has 0 bridgehead atoms. The molecule has 2 aromatic carbocycles. The molecule has 4 nitrogen and oxygen atoms in total. The molecule has 0 saturated carbocycles. The number of carbonyl (C=O) groups is 2. The van der Waals surface area contributed by atoms with E-state index in [0.717, 1.165) is 16.7 Å². The second-order valence-electron chi connectivity index (χ2n) is 7.98. The van der Waals surface area contributed by atoms with Gasteiger partial charge in [-0.25, -0.2) is 4.79 Å². The highest BCUT2D eigenvalue weighted by Crippen LogP contribution is 2.48. The second-order valence-corrected chi connectivity index (χ2v) is 7.98. The van der Waals surface area contributed by atoms with Crippen molar-refractivity contribution in [2.24, 2.45) is 5.92 Å². The van der Waals surface area contributed by atoms with Gasteiger partial charge in [-0.2, -0.15) is 0 Å². The van der Waals surface area contributed by atoms with Crippen molar-refractivity contribution in [1.29, 1.82) is 0 Å². The van der Waals surface area contributed by atoms with Crippen LogP contribution in [0.25, 0.3) is 0 Å². The predicted molar refractivity (Wildman–Crippen MR) is 108 cm³/mol. The summed E-state index contributed by atoms with van der Waals surface area (Å²) in [5.74, 6) is 0.101. The number of amides is 1. The standard InChI is InChI=1S/C24H25NO3/c1-17(2)15-24(19-11-7-4-8-12-19)21-16-25(14-13-20(21)23(27)28-24)22(26)18-9-5-3-6-10-18/h3-12,17H,13-16H2,1-2H3. The van der Waals surface area contributed by atoms with Crippen LogP contribution in [0.3, 0.4) is 0 Å². The first-order chi connectivity index (χ1) is 13.5. The number of hydrogen-bond donors (Lipinski definition) is 0. The molecule has 144 valence electrons. The van der Waals surface area contributed by atoms with Crippen molar-refractivity contribution >= 4 is 11.9 Å². The molecule has 2 aliphatic heterocycles. The molecule has 0 N–H and O–H groups in total. The molecule has 4 rings (SSSR count). The molecule has 0 saturated heterocycles. The van der Waals surface area contributed by atoms with E-state index in [0.29, 0.717) is 37.4 Å². The van der Waals surface area contributed by atoms with Crippen LogP contribution in [0, 0.1) is 5.92 Å². The molecule has 4 heteroatoms. The number of hydrogen-bond acceptors (Lipinski definition) is 3. The Balaban J connectivity index is 1.73. The molecule has 0 fully saturated rings. The molecule has 0 spiro atoms. The van der Waals surface area contributed by atoms with Crippen molar-refractivity contribution in [2.75, 3.05) is 13.1 Å². The largest absolute Gasteiger partial charge is 0.446 e. The molecule has 2 aliphatic rings. The van der Waals surface area contributed by atoms with Crippen LogP contribution in [-0.4, -0.2) is 29.9 Å². The minimum Gasteiger partial charge on any atom is -0.446 e. The average molecular weight is 375 g/mol. The summed E-state index contributed by atoms with van der Waals surface area (Å²) in [4.78, 5) is 27.6. The normalized spacial score (nSPS) is 21.7. The maximum atomic E-state index is 13.0. The first-order valence-electron chi connectivity index (χ1n) is 9.87. The van der Waals surface area contributed by atoms with Crippen molar-refractivity contribution in [3.8, 4) is 0 Å². The fourth-order valence-corrected chi connectivity index (χ4v) is 4.38. The van der Waals surface area contributed by atoms with Crippen molar-refractivity contribution in [2.45, 2.75) is 32.3 Å². The van der Waals surface area contributed by atoms with Crippen LogP contribution >= 0.6 is 0 Å². The number of carbonyl (C=O) groups excluding carboxylic acids is 2. The zero-order chi connectivity index (χ0) is 19.7. The van der Waals surface area contributed by atoms with Gasteiger partial charge in [-0.15, -0.1) is 0 Å². The molecule has 2 heterocycles. The van der Waals surface area contributed by atoms with Gasteiger partial charge in [0.1, 0.15) is 0 Å². The Hall–Kier alpha value is -2.88. The molecule has 0 aliphatic carbocycles. The van der Waals surface area contributed by atoms with Gasteiger partial charge < -0.3 is 9.64 Å². The van der Waals surface area contributed by atoms with Crippen LogP contribution in [0.5, 0.6) is 0 Å². The van der Waals surface area contributed by atoms with E-state index >= 15 is 0 Å². The fraction of sp³-hybridized carbons (Fsp3) is 0.333. The molecular weight excluding hydrogens is 350 g/mol. The highest BCUT2D eigenvalue weighted by molar-refractivity contribution is 5.97. The first-order valence-corrected chi connectivity index (χ1v) is 9.87. The van der Waals surface area contributed by atoms with Crippen LogP contribution in [0.1, 0.15) is 42.6 Å². The van der Waals surface area contributed by atoms with Gasteiger partial charge in [0, 0.05) is 29.8 Å². The van der Waals surface area contributed by atoms with E-state index < -0.39 is 5.60 Å². The maximum Gasteiger partial charge on any atom is 0.335 e. The summed E-state index contributed by atoms with van der Waals surface area (Å²) >= 11 is 0. The molecule has 0 radical (unpaired) electrons. The lowest BCUT2D eigenvalue weighted by Gasteiger charge is -2.37. The summed E-state index contributed by atoms with van der Waals surface area (Å²) in [5, 5.41) is 0. The van der Waals surface area contributed by atoms with Crippen LogP contribution < -0.4 is 0 Å². The van der Waals surface area contributed by atoms with E-state index in [2.05, 4.69) is 13.8 Å². The molecule has 1 unspecified atom stereocenters. The van der Waals surface area contributed by atoms with E-state index in [1.54, 1.807) is 0 Å². The molecular formula is C24H25NO3. The van der Waals surface area contributed by atoms with E-state index in [-0.39, 0.29) is 11.9 Å². The predicted octanol–water partition coefficient (Wildman–Crippen LogP) is 4.33. The third-order valence-electron chi connectivity index (χ3n) is 5.59. The Kier molecular flexibility index (Phi) is 4.80. The summed E-state index contributed by atoms with van der Waals surface area (Å²) in [5.41, 5.74) is 2.58. The minimum absolute atomic E-state index is 0.00184. The van der Waals surface area contributed by atoms with Crippen molar-refractivity contribution in [1.82, 2.24) is 4.90 Å². The van der Waals surface area contributed by atoms with E-state index in [1.807, 2.05) is 65.6 Å². The number of rotatable bonds is 4. The number of esters is 1. The monoisotopic (exact) mass is 375 g/mol. The van der Waals surface area contributed by atoms with Gasteiger partial charge in [0.05, 0.1) is 0 Å². The van der Waals surface area contributed by atoms with E-state index in [1.165, 1.54) is 0 Å². The summed E-state index contributed by atoms with van der Waals surface area (Å²) in [6.45, 7) is 5.23. The molecule has 1 amide bonds. The molecule has 1 atom stereocenters. The van der Waals surface area contributed by atoms with E-state index in [9.17, 15) is 9.59 Å². The van der Waals surface area contributed by atoms with E-state index in [4.69, 9.17) is 4.74 Å². The van der Waals surface area contributed by atoms with Gasteiger partial charge in [0.25, 0.3) is 5.91 Å². The highest BCUT2D eigenvalue weighted by Gasteiger charge is 2.50.